The highest BCUT2D eigenvalue weighted by Crippen LogP contribution is 2.24. The van der Waals surface area contributed by atoms with E-state index in [0.29, 0.717) is 13.0 Å². The third-order valence-electron chi connectivity index (χ3n) is 5.82. The first-order valence-corrected chi connectivity index (χ1v) is 11.9. The third-order valence-corrected chi connectivity index (χ3v) is 5.82. The molecule has 1 aliphatic heterocycles. The second-order valence-corrected chi connectivity index (χ2v) is 10.2. The Hall–Kier alpha value is -2.90. The maximum absolute atomic E-state index is 13.5. The van der Waals surface area contributed by atoms with Crippen molar-refractivity contribution in [1.82, 2.24) is 15.5 Å². The van der Waals surface area contributed by atoms with Gasteiger partial charge >= 0.3 is 6.09 Å². The normalized spacial score (nSPS) is 20.3. The van der Waals surface area contributed by atoms with E-state index in [1.54, 1.807) is 25.7 Å². The van der Waals surface area contributed by atoms with Gasteiger partial charge in [0.2, 0.25) is 5.91 Å². The van der Waals surface area contributed by atoms with E-state index < -0.39 is 29.9 Å². The van der Waals surface area contributed by atoms with Crippen molar-refractivity contribution >= 4 is 12.0 Å². The zero-order valence-electron chi connectivity index (χ0n) is 20.7. The average Bonchev–Trinajstić information content (AvgIpc) is 3.09. The lowest BCUT2D eigenvalue weighted by atomic mass is 9.96. The van der Waals surface area contributed by atoms with Crippen LogP contribution in [0.3, 0.4) is 0 Å². The maximum atomic E-state index is 13.5. The highest BCUT2D eigenvalue weighted by molar-refractivity contribution is 5.85. The van der Waals surface area contributed by atoms with Crippen LogP contribution in [0, 0.1) is 5.92 Å². The van der Waals surface area contributed by atoms with Gasteiger partial charge in [-0.05, 0) is 44.2 Å². The summed E-state index contributed by atoms with van der Waals surface area (Å²) in [6, 6.07) is 17.8. The lowest BCUT2D eigenvalue weighted by Crippen LogP contribution is -2.55. The number of nitrogens with zero attached hydrogens (tertiary/aromatic N) is 1. The number of aliphatic hydroxyl groups excluding tert-OH is 1. The number of alkyl carbamates (subject to hydrolysis) is 1. The van der Waals surface area contributed by atoms with Gasteiger partial charge in [0, 0.05) is 6.54 Å². The van der Waals surface area contributed by atoms with Crippen molar-refractivity contribution in [3.63, 3.8) is 0 Å². The van der Waals surface area contributed by atoms with Crippen LogP contribution < -0.4 is 10.6 Å². The van der Waals surface area contributed by atoms with Gasteiger partial charge < -0.3 is 20.1 Å². The molecule has 0 spiro atoms. The number of hydrogen-bond acceptors (Lipinski definition) is 5. The van der Waals surface area contributed by atoms with Crippen molar-refractivity contribution in [2.45, 2.75) is 77.5 Å². The molecular weight excluding hydrogens is 430 g/mol. The molecule has 7 nitrogen and oxygen atoms in total. The minimum absolute atomic E-state index is 0.135. The van der Waals surface area contributed by atoms with Crippen LogP contribution in [0.1, 0.15) is 45.7 Å². The number of aliphatic hydroxyl groups is 1. The first kappa shape index (κ1) is 25.7. The summed E-state index contributed by atoms with van der Waals surface area (Å²) in [5, 5.41) is 17.5. The first-order chi connectivity index (χ1) is 16.0. The Balaban J connectivity index is 1.82. The van der Waals surface area contributed by atoms with Gasteiger partial charge in [-0.2, -0.15) is 0 Å². The monoisotopic (exact) mass is 467 g/mol. The van der Waals surface area contributed by atoms with Crippen molar-refractivity contribution < 1.29 is 19.4 Å². The Bertz CT molecular complexity index is 943. The van der Waals surface area contributed by atoms with Gasteiger partial charge in [0.05, 0.1) is 18.3 Å². The zero-order valence-corrected chi connectivity index (χ0v) is 20.7. The molecule has 184 valence electrons. The van der Waals surface area contributed by atoms with Crippen LogP contribution in [0.2, 0.25) is 0 Å². The Morgan fingerprint density at radius 3 is 2.15 bits per heavy atom. The van der Waals surface area contributed by atoms with E-state index in [1.165, 1.54) is 0 Å². The maximum Gasteiger partial charge on any atom is 0.407 e. The fourth-order valence-electron chi connectivity index (χ4n) is 4.23. The standard InChI is InChI=1S/C27H37N3O4/c1-18(2)24-29-22(25(32)30(24)17-20-14-10-7-11-15-20)23(31)21(16-19-12-8-6-9-13-19)28-26(33)34-27(3,4)5/h6-15,18,21-24,29,31H,16-17H2,1-5H3,(H,28,33)/t21-,22-,23-,24?/m0/s1. The van der Waals surface area contributed by atoms with Gasteiger partial charge in [-0.15, -0.1) is 0 Å². The van der Waals surface area contributed by atoms with Crippen molar-refractivity contribution in [3.8, 4) is 0 Å². The minimum atomic E-state index is -1.15. The van der Waals surface area contributed by atoms with Gasteiger partial charge in [0.25, 0.3) is 0 Å². The van der Waals surface area contributed by atoms with Crippen molar-refractivity contribution in [3.05, 3.63) is 71.8 Å². The van der Waals surface area contributed by atoms with E-state index >= 15 is 0 Å². The molecule has 2 aromatic carbocycles. The number of carbonyl (C=O) groups is 2. The van der Waals surface area contributed by atoms with E-state index in [0.717, 1.165) is 11.1 Å². The van der Waals surface area contributed by atoms with Crippen LogP contribution in [0.4, 0.5) is 4.79 Å². The van der Waals surface area contributed by atoms with Crippen LogP contribution in [0.25, 0.3) is 0 Å². The molecule has 1 heterocycles. The van der Waals surface area contributed by atoms with E-state index in [2.05, 4.69) is 10.6 Å². The lowest BCUT2D eigenvalue weighted by Gasteiger charge is -2.29. The second kappa shape index (κ2) is 11.0. The van der Waals surface area contributed by atoms with Crippen LogP contribution in [-0.4, -0.2) is 52.0 Å². The fourth-order valence-corrected chi connectivity index (χ4v) is 4.23. The molecule has 3 N–H and O–H groups in total. The summed E-state index contributed by atoms with van der Waals surface area (Å²) in [7, 11) is 0. The molecule has 2 amide bonds. The van der Waals surface area contributed by atoms with Crippen molar-refractivity contribution in [2.75, 3.05) is 0 Å². The van der Waals surface area contributed by atoms with E-state index in [4.69, 9.17) is 4.74 Å². The molecule has 2 aromatic rings. The van der Waals surface area contributed by atoms with Gasteiger partial charge in [-0.25, -0.2) is 4.79 Å². The third kappa shape index (κ3) is 6.81. The molecule has 0 bridgehead atoms. The number of hydrogen-bond donors (Lipinski definition) is 3. The summed E-state index contributed by atoms with van der Waals surface area (Å²) in [6.45, 7) is 9.88. The highest BCUT2D eigenvalue weighted by Gasteiger charge is 2.46. The highest BCUT2D eigenvalue weighted by atomic mass is 16.6. The fraction of sp³-hybridized carbons (Fsp3) is 0.481. The van der Waals surface area contributed by atoms with E-state index in [-0.39, 0.29) is 18.0 Å². The topological polar surface area (TPSA) is 90.9 Å². The number of ether oxygens (including phenoxy) is 1. The summed E-state index contributed by atoms with van der Waals surface area (Å²) in [5.74, 6) is -0.0460. The van der Waals surface area contributed by atoms with Gasteiger partial charge in [-0.1, -0.05) is 74.5 Å². The predicted molar refractivity (Wildman–Crippen MR) is 132 cm³/mol. The van der Waals surface area contributed by atoms with Crippen molar-refractivity contribution in [2.24, 2.45) is 5.92 Å². The largest absolute Gasteiger partial charge is 0.444 e. The quantitative estimate of drug-likeness (QED) is 0.553. The number of carbonyl (C=O) groups excluding carboxylic acids is 2. The predicted octanol–water partition coefficient (Wildman–Crippen LogP) is 3.47. The molecule has 0 aromatic heterocycles. The number of nitrogens with one attached hydrogen (secondary N) is 2. The van der Waals surface area contributed by atoms with Crippen LogP contribution in [0.15, 0.2) is 60.7 Å². The average molecular weight is 468 g/mol. The summed E-state index contributed by atoms with van der Waals surface area (Å²) >= 11 is 0. The number of amides is 2. The molecule has 0 aliphatic carbocycles. The summed E-state index contributed by atoms with van der Waals surface area (Å²) in [6.07, 6.45) is -1.65. The zero-order chi connectivity index (χ0) is 24.9. The Morgan fingerprint density at radius 2 is 1.62 bits per heavy atom. The SMILES string of the molecule is CC(C)C1N[C@@H]([C@@H](O)[C@H](Cc2ccccc2)NC(=O)OC(C)(C)C)C(=O)N1Cc1ccccc1. The number of rotatable bonds is 8. The molecule has 34 heavy (non-hydrogen) atoms. The summed E-state index contributed by atoms with van der Waals surface area (Å²) in [5.41, 5.74) is 1.28. The lowest BCUT2D eigenvalue weighted by molar-refractivity contribution is -0.133. The van der Waals surface area contributed by atoms with Crippen molar-refractivity contribution in [1.29, 1.82) is 0 Å². The molecule has 1 unspecified atom stereocenters. The van der Waals surface area contributed by atoms with Crippen LogP contribution >= 0.6 is 0 Å². The molecule has 3 rings (SSSR count). The molecule has 4 atom stereocenters. The minimum Gasteiger partial charge on any atom is -0.444 e. The Morgan fingerprint density at radius 1 is 1.06 bits per heavy atom. The molecule has 1 fully saturated rings. The molecule has 1 aliphatic rings. The van der Waals surface area contributed by atoms with Gasteiger partial charge in [0.1, 0.15) is 11.6 Å². The van der Waals surface area contributed by atoms with Gasteiger partial charge in [0.15, 0.2) is 0 Å². The van der Waals surface area contributed by atoms with Gasteiger partial charge in [-0.3, -0.25) is 10.1 Å². The molecule has 7 heteroatoms. The molecule has 0 radical (unpaired) electrons. The Kier molecular flexibility index (Phi) is 8.33. The smallest absolute Gasteiger partial charge is 0.407 e. The van der Waals surface area contributed by atoms with E-state index in [9.17, 15) is 14.7 Å². The van der Waals surface area contributed by atoms with E-state index in [1.807, 2.05) is 74.5 Å². The Labute approximate surface area is 202 Å². The molecule has 0 saturated carbocycles. The molecule has 1 saturated heterocycles. The first-order valence-electron chi connectivity index (χ1n) is 11.9. The summed E-state index contributed by atoms with van der Waals surface area (Å²) < 4.78 is 5.43. The molecular formula is C27H37N3O4. The van der Waals surface area contributed by atoms with Crippen LogP contribution in [-0.2, 0) is 22.5 Å². The summed E-state index contributed by atoms with van der Waals surface area (Å²) in [4.78, 5) is 27.9. The number of benzene rings is 2. The van der Waals surface area contributed by atoms with Crippen LogP contribution in [0.5, 0.6) is 0 Å². The second-order valence-electron chi connectivity index (χ2n) is 10.2.